The van der Waals surface area contributed by atoms with E-state index < -0.39 is 6.17 Å². The maximum Gasteiger partial charge on any atom is 0.133 e. The van der Waals surface area contributed by atoms with Crippen LogP contribution in [0.15, 0.2) is 0 Å². The molecule has 2 fully saturated rings. The molecule has 4 atom stereocenters. The van der Waals surface area contributed by atoms with Crippen LogP contribution in [-0.2, 0) is 4.79 Å². The van der Waals surface area contributed by atoms with Gasteiger partial charge < -0.3 is 0 Å². The molecule has 80 valence electrons. The van der Waals surface area contributed by atoms with E-state index >= 15 is 0 Å². The fourth-order valence-corrected chi connectivity index (χ4v) is 3.28. The molecule has 0 radical (unpaired) electrons. The maximum absolute atomic E-state index is 13.6. The first-order valence-electron chi connectivity index (χ1n) is 5.70. The standard InChI is InChI=1S/C12H19FO/c1-8-11(13)4-3-9-7-10(14)5-6-12(8,9)2/h8-9,11H,3-7H2,1-2H3. The molecule has 2 heteroatoms. The summed E-state index contributed by atoms with van der Waals surface area (Å²) in [5, 5.41) is 0. The Kier molecular flexibility index (Phi) is 2.40. The lowest BCUT2D eigenvalue weighted by Gasteiger charge is -2.50. The second-order valence-electron chi connectivity index (χ2n) is 5.33. The minimum Gasteiger partial charge on any atom is -0.300 e. The fraction of sp³-hybridized carbons (Fsp3) is 0.917. The van der Waals surface area contributed by atoms with Crippen LogP contribution in [0.2, 0.25) is 0 Å². The van der Waals surface area contributed by atoms with Crippen LogP contribution in [0.5, 0.6) is 0 Å². The quantitative estimate of drug-likeness (QED) is 0.584. The van der Waals surface area contributed by atoms with Crippen molar-refractivity contribution in [2.45, 2.75) is 52.1 Å². The van der Waals surface area contributed by atoms with Crippen molar-refractivity contribution in [2.24, 2.45) is 17.3 Å². The molecule has 4 unspecified atom stereocenters. The van der Waals surface area contributed by atoms with Crippen LogP contribution in [0.3, 0.4) is 0 Å². The summed E-state index contributed by atoms with van der Waals surface area (Å²) in [5.41, 5.74) is 0.0889. The van der Waals surface area contributed by atoms with Crippen molar-refractivity contribution in [3.8, 4) is 0 Å². The predicted octanol–water partition coefficient (Wildman–Crippen LogP) is 3.13. The zero-order valence-electron chi connectivity index (χ0n) is 9.05. The number of carbonyl (C=O) groups excluding carboxylic acids is 1. The van der Waals surface area contributed by atoms with Gasteiger partial charge in [0.15, 0.2) is 0 Å². The van der Waals surface area contributed by atoms with E-state index in [0.29, 0.717) is 31.0 Å². The maximum atomic E-state index is 13.6. The average molecular weight is 198 g/mol. The van der Waals surface area contributed by atoms with E-state index in [1.807, 2.05) is 6.92 Å². The molecule has 0 aliphatic heterocycles. The van der Waals surface area contributed by atoms with Gasteiger partial charge in [-0.15, -0.1) is 0 Å². The Bertz CT molecular complexity index is 251. The minimum atomic E-state index is -0.649. The van der Waals surface area contributed by atoms with E-state index in [4.69, 9.17) is 0 Å². The summed E-state index contributed by atoms with van der Waals surface area (Å²) >= 11 is 0. The third-order valence-corrected chi connectivity index (χ3v) is 4.72. The number of carbonyl (C=O) groups is 1. The lowest BCUT2D eigenvalue weighted by molar-refractivity contribution is -0.130. The number of rotatable bonds is 0. The molecule has 0 aromatic carbocycles. The smallest absolute Gasteiger partial charge is 0.133 e. The molecule has 14 heavy (non-hydrogen) atoms. The topological polar surface area (TPSA) is 17.1 Å². The third kappa shape index (κ3) is 1.39. The van der Waals surface area contributed by atoms with Crippen molar-refractivity contribution in [3.05, 3.63) is 0 Å². The Labute approximate surface area is 85.1 Å². The van der Waals surface area contributed by atoms with Crippen LogP contribution in [0.25, 0.3) is 0 Å². The van der Waals surface area contributed by atoms with E-state index in [2.05, 4.69) is 6.92 Å². The van der Waals surface area contributed by atoms with Crippen molar-refractivity contribution in [1.29, 1.82) is 0 Å². The normalized spacial score (nSPS) is 48.8. The van der Waals surface area contributed by atoms with E-state index in [1.54, 1.807) is 0 Å². The molecule has 0 aromatic heterocycles. The summed E-state index contributed by atoms with van der Waals surface area (Å²) in [6, 6.07) is 0. The highest BCUT2D eigenvalue weighted by Crippen LogP contribution is 2.53. The number of alkyl halides is 1. The zero-order valence-corrected chi connectivity index (χ0v) is 9.05. The largest absolute Gasteiger partial charge is 0.300 e. The second kappa shape index (κ2) is 3.32. The molecular weight excluding hydrogens is 179 g/mol. The second-order valence-corrected chi connectivity index (χ2v) is 5.33. The Morgan fingerprint density at radius 3 is 2.86 bits per heavy atom. The van der Waals surface area contributed by atoms with Crippen LogP contribution < -0.4 is 0 Å². The van der Waals surface area contributed by atoms with E-state index in [-0.39, 0.29) is 11.3 Å². The molecule has 2 aliphatic carbocycles. The van der Waals surface area contributed by atoms with Crippen LogP contribution in [-0.4, -0.2) is 12.0 Å². The molecule has 0 amide bonds. The number of fused-ring (bicyclic) bond motifs is 1. The lowest BCUT2D eigenvalue weighted by Crippen LogP contribution is -2.46. The SMILES string of the molecule is CC1C(F)CCC2CC(=O)CCC21C. The van der Waals surface area contributed by atoms with Gasteiger partial charge in [0, 0.05) is 12.8 Å². The number of hydrogen-bond acceptors (Lipinski definition) is 1. The summed E-state index contributed by atoms with van der Waals surface area (Å²) in [5.74, 6) is 0.970. The summed E-state index contributed by atoms with van der Waals surface area (Å²) in [6.45, 7) is 4.20. The highest BCUT2D eigenvalue weighted by Gasteiger charge is 2.48. The van der Waals surface area contributed by atoms with Gasteiger partial charge in [0.05, 0.1) is 0 Å². The number of Topliss-reactive ketones (excluding diaryl/α,β-unsaturated/α-hetero) is 1. The fourth-order valence-electron chi connectivity index (χ4n) is 3.28. The third-order valence-electron chi connectivity index (χ3n) is 4.72. The highest BCUT2D eigenvalue weighted by molar-refractivity contribution is 5.79. The van der Waals surface area contributed by atoms with Gasteiger partial charge in [0.1, 0.15) is 12.0 Å². The van der Waals surface area contributed by atoms with Crippen LogP contribution in [0.1, 0.15) is 46.0 Å². The zero-order chi connectivity index (χ0) is 10.3. The molecule has 0 N–H and O–H groups in total. The predicted molar refractivity (Wildman–Crippen MR) is 53.7 cm³/mol. The molecule has 0 heterocycles. The van der Waals surface area contributed by atoms with Crippen molar-refractivity contribution in [1.82, 2.24) is 0 Å². The first-order valence-corrected chi connectivity index (χ1v) is 5.70. The summed E-state index contributed by atoms with van der Waals surface area (Å²) < 4.78 is 13.6. The number of ketones is 1. The minimum absolute atomic E-state index is 0.0889. The average Bonchev–Trinajstić information content (AvgIpc) is 2.16. The first kappa shape index (κ1) is 10.1. The monoisotopic (exact) mass is 198 g/mol. The van der Waals surface area contributed by atoms with Gasteiger partial charge in [-0.05, 0) is 36.5 Å². The van der Waals surface area contributed by atoms with Gasteiger partial charge in [-0.25, -0.2) is 4.39 Å². The molecule has 2 rings (SSSR count). The Balaban J connectivity index is 2.20. The van der Waals surface area contributed by atoms with E-state index in [0.717, 1.165) is 12.8 Å². The molecule has 0 saturated heterocycles. The Hall–Kier alpha value is -0.400. The summed E-state index contributed by atoms with van der Waals surface area (Å²) in [4.78, 5) is 11.4. The van der Waals surface area contributed by atoms with Crippen molar-refractivity contribution in [2.75, 3.05) is 0 Å². The van der Waals surface area contributed by atoms with E-state index in [9.17, 15) is 9.18 Å². The summed E-state index contributed by atoms with van der Waals surface area (Å²) in [7, 11) is 0. The van der Waals surface area contributed by atoms with Crippen molar-refractivity contribution < 1.29 is 9.18 Å². The van der Waals surface area contributed by atoms with Gasteiger partial charge in [0.25, 0.3) is 0 Å². The molecule has 2 aliphatic rings. The highest BCUT2D eigenvalue weighted by atomic mass is 19.1. The van der Waals surface area contributed by atoms with Crippen molar-refractivity contribution >= 4 is 5.78 Å². The van der Waals surface area contributed by atoms with E-state index in [1.165, 1.54) is 0 Å². The molecule has 0 bridgehead atoms. The van der Waals surface area contributed by atoms with Gasteiger partial charge >= 0.3 is 0 Å². The molecule has 2 saturated carbocycles. The lowest BCUT2D eigenvalue weighted by atomic mass is 9.55. The number of hydrogen-bond donors (Lipinski definition) is 0. The first-order chi connectivity index (χ1) is 6.54. The van der Waals surface area contributed by atoms with Gasteiger partial charge in [-0.3, -0.25) is 4.79 Å². The van der Waals surface area contributed by atoms with Gasteiger partial charge in [0.2, 0.25) is 0 Å². The number of halogens is 1. The Morgan fingerprint density at radius 1 is 1.43 bits per heavy atom. The Morgan fingerprint density at radius 2 is 2.14 bits per heavy atom. The van der Waals surface area contributed by atoms with Crippen molar-refractivity contribution in [3.63, 3.8) is 0 Å². The molecular formula is C12H19FO. The molecule has 1 nitrogen and oxygen atoms in total. The van der Waals surface area contributed by atoms with Gasteiger partial charge in [-0.2, -0.15) is 0 Å². The molecule has 0 aromatic rings. The van der Waals surface area contributed by atoms with Crippen LogP contribution >= 0.6 is 0 Å². The van der Waals surface area contributed by atoms with Crippen LogP contribution in [0.4, 0.5) is 4.39 Å². The van der Waals surface area contributed by atoms with Gasteiger partial charge in [-0.1, -0.05) is 13.8 Å². The molecule has 0 spiro atoms. The summed E-state index contributed by atoms with van der Waals surface area (Å²) in [6.07, 6.45) is 3.20. The van der Waals surface area contributed by atoms with Crippen LogP contribution in [0, 0.1) is 17.3 Å².